The Morgan fingerprint density at radius 3 is 2.87 bits per heavy atom. The fourth-order valence-electron chi connectivity index (χ4n) is 2.02. The minimum absolute atomic E-state index is 0.356. The Morgan fingerprint density at radius 2 is 2.17 bits per heavy atom. The molecule has 0 fully saturated rings. The van der Waals surface area contributed by atoms with Gasteiger partial charge in [-0.2, -0.15) is 9.78 Å². The van der Waals surface area contributed by atoms with Crippen molar-refractivity contribution in [2.45, 2.75) is 0 Å². The molecule has 7 nitrogen and oxygen atoms in total. The van der Waals surface area contributed by atoms with Crippen molar-refractivity contribution in [1.82, 2.24) is 14.9 Å². The van der Waals surface area contributed by atoms with Crippen LogP contribution in [0, 0.1) is 4.77 Å². The van der Waals surface area contributed by atoms with Gasteiger partial charge in [0.2, 0.25) is 10.6 Å². The number of hydrogen-bond acceptors (Lipinski definition) is 6. The molecule has 0 bridgehead atoms. The molecule has 0 aliphatic rings. The first kappa shape index (κ1) is 15.0. The van der Waals surface area contributed by atoms with Crippen molar-refractivity contribution in [2.24, 2.45) is 5.10 Å². The zero-order chi connectivity index (χ0) is 16.2. The minimum atomic E-state index is 0.356. The first-order valence-electron chi connectivity index (χ1n) is 6.70. The lowest BCUT2D eigenvalue weighted by Crippen LogP contribution is -1.97. The molecule has 23 heavy (non-hydrogen) atoms. The van der Waals surface area contributed by atoms with Crippen molar-refractivity contribution < 1.29 is 13.9 Å². The quantitative estimate of drug-likeness (QED) is 0.574. The van der Waals surface area contributed by atoms with Gasteiger partial charge in [0.05, 0.1) is 26.7 Å². The first-order chi connectivity index (χ1) is 11.2. The van der Waals surface area contributed by atoms with Crippen LogP contribution >= 0.6 is 12.2 Å². The summed E-state index contributed by atoms with van der Waals surface area (Å²) >= 11 is 5.21. The Hall–Kier alpha value is -2.87. The molecule has 0 atom stereocenters. The highest BCUT2D eigenvalue weighted by molar-refractivity contribution is 7.71. The van der Waals surface area contributed by atoms with Gasteiger partial charge in [-0.3, -0.25) is 0 Å². The largest absolute Gasteiger partial charge is 0.497 e. The van der Waals surface area contributed by atoms with Gasteiger partial charge in [-0.25, -0.2) is 5.10 Å². The van der Waals surface area contributed by atoms with Gasteiger partial charge in [-0.15, -0.1) is 5.10 Å². The molecule has 0 saturated carbocycles. The number of methoxy groups -OCH3 is 2. The van der Waals surface area contributed by atoms with Gasteiger partial charge in [0.1, 0.15) is 11.5 Å². The molecule has 8 heteroatoms. The van der Waals surface area contributed by atoms with E-state index in [0.29, 0.717) is 27.9 Å². The van der Waals surface area contributed by atoms with E-state index in [1.165, 1.54) is 4.68 Å². The number of furan rings is 1. The molecule has 1 aromatic carbocycles. The number of nitrogens with zero attached hydrogens (tertiary/aromatic N) is 3. The number of rotatable bonds is 5. The Balaban J connectivity index is 2.01. The van der Waals surface area contributed by atoms with Crippen LogP contribution in [0.3, 0.4) is 0 Å². The lowest BCUT2D eigenvalue weighted by atomic mass is 10.2. The lowest BCUT2D eigenvalue weighted by Gasteiger charge is -2.06. The smallest absolute Gasteiger partial charge is 0.219 e. The molecular formula is C15H14N4O3S. The fraction of sp³-hybridized carbons (Fsp3) is 0.133. The van der Waals surface area contributed by atoms with Crippen molar-refractivity contribution in [2.75, 3.05) is 14.2 Å². The summed E-state index contributed by atoms with van der Waals surface area (Å²) in [6, 6.07) is 8.99. The topological polar surface area (TPSA) is 77.6 Å². The predicted molar refractivity (Wildman–Crippen MR) is 87.7 cm³/mol. The second-order valence-corrected chi connectivity index (χ2v) is 4.88. The van der Waals surface area contributed by atoms with E-state index in [9.17, 15) is 0 Å². The molecule has 118 valence electrons. The van der Waals surface area contributed by atoms with Gasteiger partial charge in [0, 0.05) is 5.56 Å². The molecular weight excluding hydrogens is 316 g/mol. The second-order valence-electron chi connectivity index (χ2n) is 4.49. The molecule has 1 N–H and O–H groups in total. The average molecular weight is 330 g/mol. The number of aromatic amines is 1. The van der Waals surface area contributed by atoms with Crippen LogP contribution in [0.1, 0.15) is 5.56 Å². The minimum Gasteiger partial charge on any atom is -0.497 e. The van der Waals surface area contributed by atoms with Gasteiger partial charge in [0.25, 0.3) is 0 Å². The summed E-state index contributed by atoms with van der Waals surface area (Å²) < 4.78 is 17.7. The first-order valence-corrected chi connectivity index (χ1v) is 7.11. The third-order valence-electron chi connectivity index (χ3n) is 3.14. The number of H-pyrrole nitrogens is 1. The number of aromatic nitrogens is 3. The van der Waals surface area contributed by atoms with Crippen LogP contribution in [-0.4, -0.2) is 35.3 Å². The van der Waals surface area contributed by atoms with E-state index in [-0.39, 0.29) is 0 Å². The number of nitrogens with one attached hydrogen (secondary N) is 1. The average Bonchev–Trinajstić information content (AvgIpc) is 3.22. The van der Waals surface area contributed by atoms with E-state index in [1.54, 1.807) is 38.8 Å². The molecule has 2 heterocycles. The van der Waals surface area contributed by atoms with E-state index < -0.39 is 0 Å². The van der Waals surface area contributed by atoms with Gasteiger partial charge in [-0.05, 0) is 42.5 Å². The number of ether oxygens (including phenoxy) is 2. The maximum atomic E-state index is 5.34. The van der Waals surface area contributed by atoms with E-state index in [4.69, 9.17) is 26.1 Å². The molecule has 0 unspecified atom stereocenters. The Labute approximate surface area is 137 Å². The van der Waals surface area contributed by atoms with Gasteiger partial charge < -0.3 is 13.9 Å². The fourth-order valence-corrected chi connectivity index (χ4v) is 2.20. The van der Waals surface area contributed by atoms with E-state index in [1.807, 2.05) is 18.2 Å². The Bertz CT molecular complexity index is 881. The van der Waals surface area contributed by atoms with Gasteiger partial charge in [-0.1, -0.05) is 0 Å². The second kappa shape index (κ2) is 6.49. The van der Waals surface area contributed by atoms with Crippen molar-refractivity contribution in [3.63, 3.8) is 0 Å². The van der Waals surface area contributed by atoms with Crippen LogP contribution in [0.5, 0.6) is 11.5 Å². The van der Waals surface area contributed by atoms with E-state index in [0.717, 1.165) is 5.56 Å². The van der Waals surface area contributed by atoms with Crippen LogP contribution in [0.2, 0.25) is 0 Å². The molecule has 0 saturated heterocycles. The number of hydrogen-bond donors (Lipinski definition) is 1. The maximum Gasteiger partial charge on any atom is 0.219 e. The lowest BCUT2D eigenvalue weighted by molar-refractivity contribution is 0.402. The molecule has 0 spiro atoms. The Kier molecular flexibility index (Phi) is 4.24. The van der Waals surface area contributed by atoms with Crippen LogP contribution < -0.4 is 9.47 Å². The summed E-state index contributed by atoms with van der Waals surface area (Å²) in [4.78, 5) is 0. The van der Waals surface area contributed by atoms with Crippen molar-refractivity contribution in [3.8, 4) is 23.1 Å². The zero-order valence-corrected chi connectivity index (χ0v) is 13.3. The Morgan fingerprint density at radius 1 is 1.30 bits per heavy atom. The molecule has 0 aliphatic heterocycles. The summed E-state index contributed by atoms with van der Waals surface area (Å²) in [5.74, 6) is 2.42. The zero-order valence-electron chi connectivity index (χ0n) is 12.5. The molecule has 3 aromatic rings. The molecule has 0 radical (unpaired) electrons. The van der Waals surface area contributed by atoms with Crippen LogP contribution in [0.25, 0.3) is 11.6 Å². The van der Waals surface area contributed by atoms with Crippen molar-refractivity contribution in [3.05, 3.63) is 46.9 Å². The van der Waals surface area contributed by atoms with Gasteiger partial charge in [0.15, 0.2) is 5.76 Å². The predicted octanol–water partition coefficient (Wildman–Crippen LogP) is 3.10. The molecule has 2 aromatic heterocycles. The van der Waals surface area contributed by atoms with E-state index in [2.05, 4.69) is 15.3 Å². The highest BCUT2D eigenvalue weighted by atomic mass is 32.1. The van der Waals surface area contributed by atoms with Gasteiger partial charge >= 0.3 is 0 Å². The monoisotopic (exact) mass is 330 g/mol. The standard InChI is InChI=1S/C15H14N4O3S/c1-20-11-5-6-12(21-2)10(8-11)9-16-19-14(17-18-15(19)23)13-4-3-7-22-13/h3-9H,1-2H3,(H,18,23)/b16-9-. The molecule has 3 rings (SSSR count). The third-order valence-corrected chi connectivity index (χ3v) is 3.41. The summed E-state index contributed by atoms with van der Waals surface area (Å²) in [5, 5.41) is 11.2. The summed E-state index contributed by atoms with van der Waals surface area (Å²) in [6.45, 7) is 0. The summed E-state index contributed by atoms with van der Waals surface area (Å²) in [5.41, 5.74) is 0.750. The number of benzene rings is 1. The highest BCUT2D eigenvalue weighted by Crippen LogP contribution is 2.23. The van der Waals surface area contributed by atoms with Crippen molar-refractivity contribution >= 4 is 18.4 Å². The van der Waals surface area contributed by atoms with Crippen molar-refractivity contribution in [1.29, 1.82) is 0 Å². The highest BCUT2D eigenvalue weighted by Gasteiger charge is 2.11. The normalized spacial score (nSPS) is 11.0. The SMILES string of the molecule is COc1ccc(OC)c(/C=N\n2c(-c3ccco3)n[nH]c2=S)c1. The summed E-state index contributed by atoms with van der Waals surface area (Å²) in [6.07, 6.45) is 3.19. The third kappa shape index (κ3) is 3.02. The van der Waals surface area contributed by atoms with Crippen LogP contribution in [-0.2, 0) is 0 Å². The van der Waals surface area contributed by atoms with Crippen LogP contribution in [0.15, 0.2) is 46.1 Å². The maximum absolute atomic E-state index is 5.34. The summed E-state index contributed by atoms with van der Waals surface area (Å²) in [7, 11) is 3.20. The van der Waals surface area contributed by atoms with Crippen LogP contribution in [0.4, 0.5) is 0 Å². The van der Waals surface area contributed by atoms with E-state index >= 15 is 0 Å². The molecule has 0 amide bonds. The molecule has 0 aliphatic carbocycles.